The lowest BCUT2D eigenvalue weighted by molar-refractivity contribution is -0.106. The summed E-state index contributed by atoms with van der Waals surface area (Å²) in [5.41, 5.74) is 3.90. The maximum atomic E-state index is 13.2. The van der Waals surface area contributed by atoms with Gasteiger partial charge in [-0.25, -0.2) is 4.39 Å². The summed E-state index contributed by atoms with van der Waals surface area (Å²) in [5, 5.41) is 3.95. The number of hydrogen-bond acceptors (Lipinski definition) is 3. The summed E-state index contributed by atoms with van der Waals surface area (Å²) in [6, 6.07) is 7.57. The molecule has 0 unspecified atom stereocenters. The molecule has 0 radical (unpaired) electrons. The third-order valence-corrected chi connectivity index (χ3v) is 3.08. The maximum Gasteiger partial charge on any atom is 0.178 e. The standard InChI is InChI=1S/C15H14FNO2/c1-9-5-4-6-10(2)15(9)13-7-14(19-17-13)11(3)12(16)8-18/h4-8H,1-3H3/b12-11+. The number of aromatic nitrogens is 1. The molecule has 3 nitrogen and oxygen atoms in total. The second-order valence-electron chi connectivity index (χ2n) is 4.43. The van der Waals surface area contributed by atoms with E-state index in [0.717, 1.165) is 16.7 Å². The van der Waals surface area contributed by atoms with Gasteiger partial charge in [-0.2, -0.15) is 0 Å². The fourth-order valence-corrected chi connectivity index (χ4v) is 1.99. The first-order valence-electron chi connectivity index (χ1n) is 5.90. The molecule has 1 heterocycles. The highest BCUT2D eigenvalue weighted by molar-refractivity contribution is 5.84. The summed E-state index contributed by atoms with van der Waals surface area (Å²) in [6.07, 6.45) is 0.163. The van der Waals surface area contributed by atoms with Crippen molar-refractivity contribution in [1.82, 2.24) is 5.16 Å². The van der Waals surface area contributed by atoms with Gasteiger partial charge in [0.1, 0.15) is 5.69 Å². The Morgan fingerprint density at radius 2 is 1.95 bits per heavy atom. The number of aryl methyl sites for hydroxylation is 2. The molecule has 0 bridgehead atoms. The van der Waals surface area contributed by atoms with Crippen LogP contribution >= 0.6 is 0 Å². The molecule has 1 aromatic heterocycles. The predicted octanol–water partition coefficient (Wildman–Crippen LogP) is 3.86. The van der Waals surface area contributed by atoms with Crippen LogP contribution in [0.2, 0.25) is 0 Å². The third kappa shape index (κ3) is 2.47. The van der Waals surface area contributed by atoms with E-state index in [4.69, 9.17) is 4.52 Å². The van der Waals surface area contributed by atoms with E-state index in [1.54, 1.807) is 6.07 Å². The zero-order valence-electron chi connectivity index (χ0n) is 11.0. The van der Waals surface area contributed by atoms with Gasteiger partial charge in [-0.3, -0.25) is 4.79 Å². The van der Waals surface area contributed by atoms with Crippen molar-refractivity contribution in [2.24, 2.45) is 0 Å². The van der Waals surface area contributed by atoms with E-state index in [2.05, 4.69) is 5.16 Å². The normalized spacial score (nSPS) is 12.2. The first-order chi connectivity index (χ1) is 9.04. The van der Waals surface area contributed by atoms with Crippen molar-refractivity contribution in [3.63, 3.8) is 0 Å². The van der Waals surface area contributed by atoms with E-state index in [1.165, 1.54) is 6.92 Å². The number of nitrogens with zero attached hydrogens (tertiary/aromatic N) is 1. The smallest absolute Gasteiger partial charge is 0.178 e. The zero-order chi connectivity index (χ0) is 14.0. The van der Waals surface area contributed by atoms with Crippen molar-refractivity contribution in [2.75, 3.05) is 0 Å². The Balaban J connectivity index is 2.51. The summed E-state index contributed by atoms with van der Waals surface area (Å²) >= 11 is 0. The molecular weight excluding hydrogens is 245 g/mol. The quantitative estimate of drug-likeness (QED) is 0.621. The van der Waals surface area contributed by atoms with Gasteiger partial charge in [0, 0.05) is 17.2 Å². The predicted molar refractivity (Wildman–Crippen MR) is 71.2 cm³/mol. The Morgan fingerprint density at radius 1 is 1.32 bits per heavy atom. The number of carbonyl (C=O) groups is 1. The molecule has 0 amide bonds. The van der Waals surface area contributed by atoms with Crippen LogP contribution in [0.25, 0.3) is 16.8 Å². The molecule has 0 N–H and O–H groups in total. The van der Waals surface area contributed by atoms with Gasteiger partial charge in [0.2, 0.25) is 0 Å². The fraction of sp³-hybridized carbons (Fsp3) is 0.200. The summed E-state index contributed by atoms with van der Waals surface area (Å²) in [7, 11) is 0. The van der Waals surface area contributed by atoms with Crippen LogP contribution in [0.3, 0.4) is 0 Å². The molecule has 0 saturated heterocycles. The molecule has 2 rings (SSSR count). The zero-order valence-corrected chi connectivity index (χ0v) is 11.0. The van der Waals surface area contributed by atoms with E-state index in [0.29, 0.717) is 5.69 Å². The Morgan fingerprint density at radius 3 is 2.53 bits per heavy atom. The van der Waals surface area contributed by atoms with Crippen molar-refractivity contribution in [3.8, 4) is 11.3 Å². The van der Waals surface area contributed by atoms with Crippen LogP contribution in [0.5, 0.6) is 0 Å². The van der Waals surface area contributed by atoms with Gasteiger partial charge in [0.15, 0.2) is 17.9 Å². The van der Waals surface area contributed by atoms with Crippen molar-refractivity contribution in [2.45, 2.75) is 20.8 Å². The lowest BCUT2D eigenvalue weighted by Crippen LogP contribution is -1.87. The van der Waals surface area contributed by atoms with E-state index in [9.17, 15) is 9.18 Å². The number of hydrogen-bond donors (Lipinski definition) is 0. The second-order valence-corrected chi connectivity index (χ2v) is 4.43. The fourth-order valence-electron chi connectivity index (χ4n) is 1.99. The van der Waals surface area contributed by atoms with Crippen LogP contribution in [0, 0.1) is 13.8 Å². The molecule has 0 fully saturated rings. The molecule has 4 heteroatoms. The van der Waals surface area contributed by atoms with Gasteiger partial charge in [-0.1, -0.05) is 23.4 Å². The van der Waals surface area contributed by atoms with Crippen molar-refractivity contribution < 1.29 is 13.7 Å². The molecular formula is C15H14FNO2. The van der Waals surface area contributed by atoms with Gasteiger partial charge in [0.05, 0.1) is 0 Å². The van der Waals surface area contributed by atoms with E-state index in [1.807, 2.05) is 32.0 Å². The molecule has 2 aromatic rings. The van der Waals surface area contributed by atoms with Gasteiger partial charge in [-0.05, 0) is 31.9 Å². The molecule has 0 aliphatic rings. The number of halogens is 1. The molecule has 1 aromatic carbocycles. The highest BCUT2D eigenvalue weighted by Crippen LogP contribution is 2.29. The van der Waals surface area contributed by atoms with Crippen molar-refractivity contribution in [1.29, 1.82) is 0 Å². The summed E-state index contributed by atoms with van der Waals surface area (Å²) < 4.78 is 18.3. The Kier molecular flexibility index (Phi) is 3.60. The van der Waals surface area contributed by atoms with Crippen LogP contribution in [-0.4, -0.2) is 11.4 Å². The van der Waals surface area contributed by atoms with Crippen LogP contribution in [0.4, 0.5) is 4.39 Å². The minimum Gasteiger partial charge on any atom is -0.356 e. The van der Waals surface area contributed by atoms with Gasteiger partial charge < -0.3 is 4.52 Å². The van der Waals surface area contributed by atoms with Gasteiger partial charge >= 0.3 is 0 Å². The van der Waals surface area contributed by atoms with Crippen LogP contribution in [0.15, 0.2) is 34.6 Å². The van der Waals surface area contributed by atoms with Crippen LogP contribution in [0.1, 0.15) is 23.8 Å². The first-order valence-corrected chi connectivity index (χ1v) is 5.90. The molecule has 0 saturated carbocycles. The van der Waals surface area contributed by atoms with Crippen molar-refractivity contribution >= 4 is 11.9 Å². The number of rotatable bonds is 3. The Bertz CT molecular complexity index is 636. The average molecular weight is 259 g/mol. The first kappa shape index (κ1) is 13.2. The average Bonchev–Trinajstić information content (AvgIpc) is 2.86. The Hall–Kier alpha value is -2.23. The van der Waals surface area contributed by atoms with Crippen molar-refractivity contribution in [3.05, 3.63) is 47.0 Å². The minimum absolute atomic E-state index is 0.153. The molecule has 0 aliphatic carbocycles. The Labute approximate surface area is 110 Å². The lowest BCUT2D eigenvalue weighted by atomic mass is 10.00. The van der Waals surface area contributed by atoms with E-state index < -0.39 is 5.83 Å². The number of benzene rings is 1. The molecule has 0 aliphatic heterocycles. The lowest BCUT2D eigenvalue weighted by Gasteiger charge is -2.04. The largest absolute Gasteiger partial charge is 0.356 e. The molecule has 0 atom stereocenters. The van der Waals surface area contributed by atoms with E-state index in [-0.39, 0.29) is 17.6 Å². The molecule has 98 valence electrons. The summed E-state index contributed by atoms with van der Waals surface area (Å²) in [4.78, 5) is 10.4. The summed E-state index contributed by atoms with van der Waals surface area (Å²) in [6.45, 7) is 5.44. The highest BCUT2D eigenvalue weighted by Gasteiger charge is 2.14. The van der Waals surface area contributed by atoms with E-state index >= 15 is 0 Å². The monoisotopic (exact) mass is 259 g/mol. The second kappa shape index (κ2) is 5.18. The molecule has 0 spiro atoms. The van der Waals surface area contributed by atoms with Gasteiger partial charge in [0.25, 0.3) is 0 Å². The topological polar surface area (TPSA) is 43.1 Å². The minimum atomic E-state index is -0.843. The number of allylic oxidation sites excluding steroid dienone is 2. The molecule has 19 heavy (non-hydrogen) atoms. The third-order valence-electron chi connectivity index (χ3n) is 3.08. The highest BCUT2D eigenvalue weighted by atomic mass is 19.1. The van der Waals surface area contributed by atoms with Crippen LogP contribution in [-0.2, 0) is 4.79 Å². The SMILES string of the molecule is C/C(=C(\F)C=O)c1cc(-c2c(C)cccc2C)no1. The number of aldehydes is 1. The maximum absolute atomic E-state index is 13.2. The summed E-state index contributed by atoms with van der Waals surface area (Å²) in [5.74, 6) is -0.577. The van der Waals surface area contributed by atoms with Gasteiger partial charge in [-0.15, -0.1) is 0 Å². The van der Waals surface area contributed by atoms with Crippen LogP contribution < -0.4 is 0 Å². The number of carbonyl (C=O) groups excluding carboxylic acids is 1.